The maximum absolute atomic E-state index is 11.1. The molecular weight excluding hydrogens is 346 g/mol. The standard InChI is InChI=1S/C18H25N7O2/c19-16-17(22-18(26)24-23-16)21-7-2-5-11-27-15-12-14(6-8-20-15)13-25-9-3-1-4-10-25/h2,5-6,8,12H,1,3-4,7,9-11,13H2,(H2,19,23)(H2,21,22,24,26)/b5-2-. The molecule has 0 radical (unpaired) electrons. The summed E-state index contributed by atoms with van der Waals surface area (Å²) in [6.45, 7) is 4.12. The first-order chi connectivity index (χ1) is 13.2. The van der Waals surface area contributed by atoms with Gasteiger partial charge in [-0.3, -0.25) is 4.90 Å². The molecule has 9 heteroatoms. The van der Waals surface area contributed by atoms with Crippen molar-refractivity contribution in [3.63, 3.8) is 0 Å². The SMILES string of the molecule is Nc1n[nH]c(=O)nc1NC/C=C\COc1cc(CN2CCCCC2)ccn1. The molecule has 0 bridgehead atoms. The zero-order valence-corrected chi connectivity index (χ0v) is 15.2. The number of anilines is 2. The second kappa shape index (κ2) is 9.67. The Hall–Kier alpha value is -2.94. The number of hydrogen-bond donors (Lipinski definition) is 3. The van der Waals surface area contributed by atoms with Crippen molar-refractivity contribution >= 4 is 11.6 Å². The molecule has 0 aliphatic carbocycles. The van der Waals surface area contributed by atoms with Crippen LogP contribution in [0.3, 0.4) is 0 Å². The van der Waals surface area contributed by atoms with Gasteiger partial charge in [0.15, 0.2) is 11.6 Å². The van der Waals surface area contributed by atoms with Gasteiger partial charge in [-0.25, -0.2) is 14.9 Å². The van der Waals surface area contributed by atoms with Gasteiger partial charge in [-0.05, 0) is 43.6 Å². The summed E-state index contributed by atoms with van der Waals surface area (Å²) >= 11 is 0. The number of pyridine rings is 1. The normalized spacial score (nSPS) is 15.1. The first-order valence-corrected chi connectivity index (χ1v) is 9.12. The van der Waals surface area contributed by atoms with Crippen molar-refractivity contribution in [1.29, 1.82) is 0 Å². The van der Waals surface area contributed by atoms with E-state index in [4.69, 9.17) is 10.5 Å². The van der Waals surface area contributed by atoms with Gasteiger partial charge in [-0.1, -0.05) is 12.5 Å². The van der Waals surface area contributed by atoms with Crippen LogP contribution in [0.5, 0.6) is 5.88 Å². The van der Waals surface area contributed by atoms with Gasteiger partial charge in [0.25, 0.3) is 0 Å². The summed E-state index contributed by atoms with van der Waals surface area (Å²) in [6.07, 6.45) is 9.41. The van der Waals surface area contributed by atoms with Gasteiger partial charge in [0.05, 0.1) is 0 Å². The lowest BCUT2D eigenvalue weighted by Crippen LogP contribution is -2.29. The van der Waals surface area contributed by atoms with Gasteiger partial charge in [-0.15, -0.1) is 5.10 Å². The minimum atomic E-state index is -0.547. The van der Waals surface area contributed by atoms with E-state index in [1.54, 1.807) is 6.20 Å². The van der Waals surface area contributed by atoms with Crippen LogP contribution in [0.1, 0.15) is 24.8 Å². The lowest BCUT2D eigenvalue weighted by atomic mass is 10.1. The first-order valence-electron chi connectivity index (χ1n) is 9.12. The Labute approximate surface area is 157 Å². The molecule has 3 heterocycles. The highest BCUT2D eigenvalue weighted by atomic mass is 16.5. The smallest absolute Gasteiger partial charge is 0.363 e. The number of nitrogens with one attached hydrogen (secondary N) is 2. The van der Waals surface area contributed by atoms with Crippen LogP contribution < -0.4 is 21.5 Å². The number of nitrogen functional groups attached to an aromatic ring is 1. The first kappa shape index (κ1) is 18.8. The third-order valence-corrected chi connectivity index (χ3v) is 4.26. The lowest BCUT2D eigenvalue weighted by molar-refractivity contribution is 0.220. The van der Waals surface area contributed by atoms with Crippen molar-refractivity contribution < 1.29 is 4.74 Å². The molecule has 0 amide bonds. The number of aromatic amines is 1. The number of rotatable bonds is 8. The third kappa shape index (κ3) is 6.07. The van der Waals surface area contributed by atoms with Crippen molar-refractivity contribution in [1.82, 2.24) is 25.1 Å². The quantitative estimate of drug-likeness (QED) is 0.591. The molecule has 144 valence electrons. The number of aromatic nitrogens is 4. The Morgan fingerprint density at radius 3 is 3.00 bits per heavy atom. The Morgan fingerprint density at radius 2 is 2.15 bits per heavy atom. The van der Waals surface area contributed by atoms with E-state index in [1.807, 2.05) is 24.3 Å². The number of likely N-dealkylation sites (tertiary alicyclic amines) is 1. The molecule has 2 aromatic rings. The Kier molecular flexibility index (Phi) is 6.75. The summed E-state index contributed by atoms with van der Waals surface area (Å²) in [6, 6.07) is 4.03. The highest BCUT2D eigenvalue weighted by molar-refractivity contribution is 5.54. The molecule has 9 nitrogen and oxygen atoms in total. The molecule has 0 saturated carbocycles. The minimum Gasteiger partial charge on any atom is -0.473 e. The van der Waals surface area contributed by atoms with E-state index in [9.17, 15) is 4.79 Å². The maximum Gasteiger partial charge on any atom is 0.363 e. The summed E-state index contributed by atoms with van der Waals surface area (Å²) in [5.41, 5.74) is 6.29. The predicted octanol–water partition coefficient (Wildman–Crippen LogP) is 1.18. The predicted molar refractivity (Wildman–Crippen MR) is 104 cm³/mol. The summed E-state index contributed by atoms with van der Waals surface area (Å²) in [5, 5.41) is 8.73. The van der Waals surface area contributed by atoms with Crippen LogP contribution in [0.25, 0.3) is 0 Å². The molecule has 0 spiro atoms. The van der Waals surface area contributed by atoms with Crippen LogP contribution >= 0.6 is 0 Å². The third-order valence-electron chi connectivity index (χ3n) is 4.26. The highest BCUT2D eigenvalue weighted by Crippen LogP contribution is 2.15. The molecule has 27 heavy (non-hydrogen) atoms. The highest BCUT2D eigenvalue weighted by Gasteiger charge is 2.10. The molecule has 1 saturated heterocycles. The van der Waals surface area contributed by atoms with Gasteiger partial charge in [0.2, 0.25) is 5.88 Å². The summed E-state index contributed by atoms with van der Waals surface area (Å²) in [7, 11) is 0. The summed E-state index contributed by atoms with van der Waals surface area (Å²) in [4.78, 5) is 21.5. The van der Waals surface area contributed by atoms with E-state index in [1.165, 1.54) is 24.8 Å². The molecule has 2 aromatic heterocycles. The van der Waals surface area contributed by atoms with Crippen molar-refractivity contribution in [2.45, 2.75) is 25.8 Å². The number of piperidine rings is 1. The second-order valence-corrected chi connectivity index (χ2v) is 6.38. The molecular formula is C18H25N7O2. The van der Waals surface area contributed by atoms with Crippen LogP contribution in [0, 0.1) is 0 Å². The average molecular weight is 371 g/mol. The number of ether oxygens (including phenoxy) is 1. The Bertz CT molecular complexity index is 815. The van der Waals surface area contributed by atoms with Crippen LogP contribution in [-0.2, 0) is 6.54 Å². The van der Waals surface area contributed by atoms with Gasteiger partial charge in [-0.2, -0.15) is 4.98 Å². The van der Waals surface area contributed by atoms with Crippen molar-refractivity contribution in [2.75, 3.05) is 37.3 Å². The molecule has 0 aromatic carbocycles. The molecule has 4 N–H and O–H groups in total. The van der Waals surface area contributed by atoms with E-state index in [0.717, 1.165) is 19.6 Å². The number of hydrogen-bond acceptors (Lipinski definition) is 8. The summed E-state index contributed by atoms with van der Waals surface area (Å²) < 4.78 is 5.68. The van der Waals surface area contributed by atoms with Crippen LogP contribution in [0.15, 0.2) is 35.3 Å². The van der Waals surface area contributed by atoms with Crippen LogP contribution in [0.2, 0.25) is 0 Å². The zero-order valence-electron chi connectivity index (χ0n) is 15.2. The molecule has 0 unspecified atom stereocenters. The Morgan fingerprint density at radius 1 is 1.30 bits per heavy atom. The lowest BCUT2D eigenvalue weighted by Gasteiger charge is -2.26. The van der Waals surface area contributed by atoms with Crippen LogP contribution in [-0.4, -0.2) is 51.3 Å². The van der Waals surface area contributed by atoms with Gasteiger partial charge >= 0.3 is 5.69 Å². The second-order valence-electron chi connectivity index (χ2n) is 6.38. The molecule has 1 fully saturated rings. The number of nitrogens with zero attached hydrogens (tertiary/aromatic N) is 4. The monoisotopic (exact) mass is 371 g/mol. The minimum absolute atomic E-state index is 0.147. The Balaban J connectivity index is 1.42. The van der Waals surface area contributed by atoms with Crippen molar-refractivity contribution in [3.05, 3.63) is 46.5 Å². The number of H-pyrrole nitrogens is 1. The largest absolute Gasteiger partial charge is 0.473 e. The van der Waals surface area contributed by atoms with Crippen LogP contribution in [0.4, 0.5) is 11.6 Å². The van der Waals surface area contributed by atoms with E-state index in [0.29, 0.717) is 19.0 Å². The van der Waals surface area contributed by atoms with E-state index in [2.05, 4.69) is 30.4 Å². The van der Waals surface area contributed by atoms with Gasteiger partial charge in [0.1, 0.15) is 6.61 Å². The summed E-state index contributed by atoms with van der Waals surface area (Å²) in [5.74, 6) is 1.03. The fourth-order valence-electron chi connectivity index (χ4n) is 2.92. The molecule has 1 aliphatic rings. The fourth-order valence-corrected chi connectivity index (χ4v) is 2.92. The van der Waals surface area contributed by atoms with E-state index in [-0.39, 0.29) is 11.6 Å². The van der Waals surface area contributed by atoms with Gasteiger partial charge in [0, 0.05) is 25.4 Å². The fraction of sp³-hybridized carbons (Fsp3) is 0.444. The number of nitrogens with two attached hydrogens (primary N) is 1. The molecule has 0 atom stereocenters. The molecule has 3 rings (SSSR count). The topological polar surface area (TPSA) is 122 Å². The average Bonchev–Trinajstić information content (AvgIpc) is 2.68. The van der Waals surface area contributed by atoms with E-state index < -0.39 is 5.69 Å². The van der Waals surface area contributed by atoms with Crippen molar-refractivity contribution in [2.24, 2.45) is 0 Å². The zero-order chi connectivity index (χ0) is 18.9. The maximum atomic E-state index is 11.1. The van der Waals surface area contributed by atoms with Crippen molar-refractivity contribution in [3.8, 4) is 5.88 Å². The van der Waals surface area contributed by atoms with E-state index >= 15 is 0 Å². The van der Waals surface area contributed by atoms with Gasteiger partial charge < -0.3 is 15.8 Å². The molecule has 1 aliphatic heterocycles.